The third-order valence-electron chi connectivity index (χ3n) is 4.44. The number of likely N-dealkylation sites (tertiary alicyclic amines) is 1. The maximum absolute atomic E-state index is 12.5. The summed E-state index contributed by atoms with van der Waals surface area (Å²) in [7, 11) is 0. The van der Waals surface area contributed by atoms with Gasteiger partial charge in [0.2, 0.25) is 5.91 Å². The molecular weight excluding hydrogens is 258 g/mol. The van der Waals surface area contributed by atoms with Crippen LogP contribution in [-0.4, -0.2) is 47.7 Å². The van der Waals surface area contributed by atoms with Gasteiger partial charge in [-0.3, -0.25) is 9.59 Å². The maximum atomic E-state index is 12.5. The van der Waals surface area contributed by atoms with Gasteiger partial charge in [0.1, 0.15) is 0 Å². The molecule has 0 spiro atoms. The molecule has 0 saturated carbocycles. The van der Waals surface area contributed by atoms with Crippen LogP contribution in [0.25, 0.3) is 0 Å². The van der Waals surface area contributed by atoms with Gasteiger partial charge in [-0.1, -0.05) is 0 Å². The average Bonchev–Trinajstić information content (AvgIpc) is 2.46. The van der Waals surface area contributed by atoms with E-state index in [9.17, 15) is 9.59 Å². The molecule has 0 radical (unpaired) electrons. The van der Waals surface area contributed by atoms with E-state index in [2.05, 4.69) is 0 Å². The van der Waals surface area contributed by atoms with Crippen LogP contribution in [0.2, 0.25) is 0 Å². The second kappa shape index (κ2) is 7.62. The fourth-order valence-electron chi connectivity index (χ4n) is 3.23. The second-order valence-electron chi connectivity index (χ2n) is 5.93. The molecule has 5 heteroatoms. The highest BCUT2D eigenvalue weighted by atomic mass is 16.5. The van der Waals surface area contributed by atoms with Crippen LogP contribution < -0.4 is 0 Å². The van der Waals surface area contributed by atoms with E-state index in [1.54, 1.807) is 0 Å². The van der Waals surface area contributed by atoms with Crippen LogP contribution in [0.1, 0.15) is 51.4 Å². The standard InChI is InChI=1S/C15H25NO4/c17-14(11-12-6-9-20-10-7-12)16-8-2-1-3-13(16)4-5-15(18)19/h12-13H,1-11H2,(H,18,19)/t13-/m1/s1. The number of ether oxygens (including phenoxy) is 1. The molecule has 1 atom stereocenters. The number of rotatable bonds is 5. The smallest absolute Gasteiger partial charge is 0.303 e. The Morgan fingerprint density at radius 2 is 1.90 bits per heavy atom. The van der Waals surface area contributed by atoms with E-state index < -0.39 is 5.97 Å². The molecule has 114 valence electrons. The fraction of sp³-hybridized carbons (Fsp3) is 0.867. The van der Waals surface area contributed by atoms with Gasteiger partial charge in [-0.15, -0.1) is 0 Å². The summed E-state index contributed by atoms with van der Waals surface area (Å²) in [6.07, 6.45) is 6.40. The van der Waals surface area contributed by atoms with Crippen molar-refractivity contribution in [3.63, 3.8) is 0 Å². The summed E-state index contributed by atoms with van der Waals surface area (Å²) in [5.74, 6) is -0.113. The number of carboxylic acids is 1. The highest BCUT2D eigenvalue weighted by Gasteiger charge is 2.28. The highest BCUT2D eigenvalue weighted by molar-refractivity contribution is 5.77. The summed E-state index contributed by atoms with van der Waals surface area (Å²) in [4.78, 5) is 25.1. The summed E-state index contributed by atoms with van der Waals surface area (Å²) in [5, 5.41) is 8.81. The number of carbonyl (C=O) groups excluding carboxylic acids is 1. The second-order valence-corrected chi connectivity index (χ2v) is 5.93. The van der Waals surface area contributed by atoms with Gasteiger partial charge in [-0.25, -0.2) is 0 Å². The zero-order valence-electron chi connectivity index (χ0n) is 12.1. The van der Waals surface area contributed by atoms with Gasteiger partial charge in [0, 0.05) is 38.6 Å². The van der Waals surface area contributed by atoms with Crippen molar-refractivity contribution in [2.24, 2.45) is 5.92 Å². The Morgan fingerprint density at radius 1 is 1.15 bits per heavy atom. The van der Waals surface area contributed by atoms with Gasteiger partial charge in [-0.05, 0) is 44.4 Å². The largest absolute Gasteiger partial charge is 0.481 e. The van der Waals surface area contributed by atoms with E-state index in [0.29, 0.717) is 18.8 Å². The molecule has 2 fully saturated rings. The maximum Gasteiger partial charge on any atom is 0.303 e. The molecule has 1 amide bonds. The van der Waals surface area contributed by atoms with Crippen LogP contribution in [0.15, 0.2) is 0 Å². The van der Waals surface area contributed by atoms with E-state index in [1.807, 2.05) is 4.90 Å². The molecule has 0 unspecified atom stereocenters. The van der Waals surface area contributed by atoms with Crippen molar-refractivity contribution in [3.05, 3.63) is 0 Å². The van der Waals surface area contributed by atoms with E-state index in [0.717, 1.165) is 51.9 Å². The third-order valence-corrected chi connectivity index (χ3v) is 4.44. The molecule has 20 heavy (non-hydrogen) atoms. The summed E-state index contributed by atoms with van der Waals surface area (Å²) in [6.45, 7) is 2.33. The Morgan fingerprint density at radius 3 is 2.60 bits per heavy atom. The SMILES string of the molecule is O=C(O)CC[C@H]1CCCCN1C(=O)CC1CCOCC1. The van der Waals surface area contributed by atoms with E-state index in [-0.39, 0.29) is 18.4 Å². The molecule has 1 N–H and O–H groups in total. The monoisotopic (exact) mass is 283 g/mol. The number of piperidine rings is 1. The Bertz CT molecular complexity index is 339. The zero-order chi connectivity index (χ0) is 14.4. The Balaban J connectivity index is 1.85. The van der Waals surface area contributed by atoms with Gasteiger partial charge in [0.05, 0.1) is 0 Å². The van der Waals surface area contributed by atoms with Crippen LogP contribution in [0.3, 0.4) is 0 Å². The number of carbonyl (C=O) groups is 2. The Kier molecular flexibility index (Phi) is 5.83. The Hall–Kier alpha value is -1.10. The predicted molar refractivity (Wildman–Crippen MR) is 74.4 cm³/mol. The molecule has 0 aromatic carbocycles. The molecule has 2 rings (SSSR count). The van der Waals surface area contributed by atoms with Crippen molar-refractivity contribution >= 4 is 11.9 Å². The van der Waals surface area contributed by atoms with Crippen LogP contribution in [0.4, 0.5) is 0 Å². The van der Waals surface area contributed by atoms with Gasteiger partial charge in [-0.2, -0.15) is 0 Å². The molecule has 2 aliphatic rings. The molecule has 0 aromatic rings. The minimum Gasteiger partial charge on any atom is -0.481 e. The number of amides is 1. The third kappa shape index (κ3) is 4.47. The van der Waals surface area contributed by atoms with Gasteiger partial charge in [0.15, 0.2) is 0 Å². The number of nitrogens with zero attached hydrogens (tertiary/aromatic N) is 1. The minimum atomic E-state index is -0.771. The van der Waals surface area contributed by atoms with E-state index in [4.69, 9.17) is 9.84 Å². The van der Waals surface area contributed by atoms with Crippen LogP contribution in [0, 0.1) is 5.92 Å². The molecule has 5 nitrogen and oxygen atoms in total. The quantitative estimate of drug-likeness (QED) is 0.838. The summed E-state index contributed by atoms with van der Waals surface area (Å²) >= 11 is 0. The lowest BCUT2D eigenvalue weighted by Crippen LogP contribution is -2.44. The number of hydrogen-bond donors (Lipinski definition) is 1. The molecule has 2 heterocycles. The van der Waals surface area contributed by atoms with E-state index in [1.165, 1.54) is 0 Å². The summed E-state index contributed by atoms with van der Waals surface area (Å²) < 4.78 is 5.32. The van der Waals surface area contributed by atoms with Gasteiger partial charge < -0.3 is 14.7 Å². The first kappa shape index (κ1) is 15.3. The first-order chi connectivity index (χ1) is 9.66. The van der Waals surface area contributed by atoms with Crippen molar-refractivity contribution in [2.45, 2.75) is 57.4 Å². The first-order valence-electron chi connectivity index (χ1n) is 7.76. The average molecular weight is 283 g/mol. The lowest BCUT2D eigenvalue weighted by Gasteiger charge is -2.37. The molecule has 0 bridgehead atoms. The van der Waals surface area contributed by atoms with Gasteiger partial charge in [0.25, 0.3) is 0 Å². The molecular formula is C15H25NO4. The molecule has 2 aliphatic heterocycles. The van der Waals surface area contributed by atoms with Crippen molar-refractivity contribution in [1.29, 1.82) is 0 Å². The van der Waals surface area contributed by atoms with E-state index >= 15 is 0 Å². The van der Waals surface area contributed by atoms with Crippen LogP contribution in [0.5, 0.6) is 0 Å². The Labute approximate surface area is 120 Å². The van der Waals surface area contributed by atoms with Crippen molar-refractivity contribution < 1.29 is 19.4 Å². The van der Waals surface area contributed by atoms with Crippen molar-refractivity contribution in [2.75, 3.05) is 19.8 Å². The molecule has 2 saturated heterocycles. The minimum absolute atomic E-state index is 0.132. The fourth-order valence-corrected chi connectivity index (χ4v) is 3.23. The van der Waals surface area contributed by atoms with Gasteiger partial charge >= 0.3 is 5.97 Å². The normalized spacial score (nSPS) is 24.6. The van der Waals surface area contributed by atoms with Crippen LogP contribution in [-0.2, 0) is 14.3 Å². The van der Waals surface area contributed by atoms with Crippen LogP contribution >= 0.6 is 0 Å². The summed E-state index contributed by atoms with van der Waals surface area (Å²) in [6, 6.07) is 0.132. The number of aliphatic carboxylic acids is 1. The molecule has 0 aromatic heterocycles. The topological polar surface area (TPSA) is 66.8 Å². The first-order valence-corrected chi connectivity index (χ1v) is 7.76. The highest BCUT2D eigenvalue weighted by Crippen LogP contribution is 2.25. The van der Waals surface area contributed by atoms with Crippen molar-refractivity contribution in [1.82, 2.24) is 4.90 Å². The number of hydrogen-bond acceptors (Lipinski definition) is 3. The lowest BCUT2D eigenvalue weighted by molar-refractivity contribution is -0.140. The number of carboxylic acid groups (broad SMARTS) is 1. The van der Waals surface area contributed by atoms with Crippen molar-refractivity contribution in [3.8, 4) is 0 Å². The zero-order valence-corrected chi connectivity index (χ0v) is 12.1. The summed E-state index contributed by atoms with van der Waals surface area (Å²) in [5.41, 5.74) is 0. The molecule has 0 aliphatic carbocycles. The predicted octanol–water partition coefficient (Wildman–Crippen LogP) is 2.05. The lowest BCUT2D eigenvalue weighted by atomic mass is 9.93.